The van der Waals surface area contributed by atoms with Crippen LogP contribution in [0.4, 0.5) is 5.13 Å². The first-order chi connectivity index (χ1) is 13.1. The van der Waals surface area contributed by atoms with Gasteiger partial charge in [0.05, 0.1) is 15.1 Å². The van der Waals surface area contributed by atoms with E-state index in [0.717, 1.165) is 10.2 Å². The van der Waals surface area contributed by atoms with Crippen LogP contribution in [0, 0.1) is 0 Å². The topological polar surface area (TPSA) is 83.1 Å². The van der Waals surface area contributed by atoms with Gasteiger partial charge in [0.25, 0.3) is 11.8 Å². The monoisotopic (exact) mass is 412 g/mol. The molecule has 9 heteroatoms. The summed E-state index contributed by atoms with van der Waals surface area (Å²) in [7, 11) is 0. The van der Waals surface area contributed by atoms with Crippen molar-refractivity contribution in [1.82, 2.24) is 15.7 Å². The third-order valence-electron chi connectivity index (χ3n) is 3.71. The summed E-state index contributed by atoms with van der Waals surface area (Å²) in [6.07, 6.45) is 1.66. The summed E-state index contributed by atoms with van der Waals surface area (Å²) < 4.78 is 1.44. The van der Waals surface area contributed by atoms with E-state index in [9.17, 15) is 9.59 Å². The summed E-state index contributed by atoms with van der Waals surface area (Å²) in [6, 6.07) is 14.8. The van der Waals surface area contributed by atoms with Gasteiger partial charge in [-0.2, -0.15) is 0 Å². The maximum atomic E-state index is 12.6. The number of thiocarbonyl (C=S) groups is 1. The molecule has 134 valence electrons. The van der Waals surface area contributed by atoms with E-state index < -0.39 is 0 Å². The lowest BCUT2D eigenvalue weighted by Gasteiger charge is -2.08. The molecule has 2 heterocycles. The number of hydrogen-bond donors (Lipinski definition) is 3. The van der Waals surface area contributed by atoms with Crippen LogP contribution in [0.3, 0.4) is 0 Å². The number of thioether (sulfide) groups is 1. The Kier molecular flexibility index (Phi) is 4.88. The molecule has 1 aliphatic rings. The van der Waals surface area contributed by atoms with Crippen LogP contribution in [0.5, 0.6) is 0 Å². The standard InChI is InChI=1S/C18H12N4O2S3/c23-15(21-22-17-19-12-7-3-4-8-13(12)26-17)11-6-2-1-5-10(11)9-14-16(24)20-18(25)27-14/h1-9H,(H,19,22)(H,21,23)(H,20,24,25)/b14-9-. The Labute approximate surface area is 168 Å². The number of carbonyl (C=O) groups excluding carboxylic acids is 2. The largest absolute Gasteiger partial charge is 0.307 e. The number of benzene rings is 2. The van der Waals surface area contributed by atoms with Gasteiger partial charge in [-0.1, -0.05) is 65.6 Å². The molecule has 0 saturated carbocycles. The Morgan fingerprint density at radius 3 is 2.70 bits per heavy atom. The normalized spacial score (nSPS) is 15.2. The van der Waals surface area contributed by atoms with Crippen LogP contribution in [0.25, 0.3) is 16.3 Å². The fraction of sp³-hybridized carbons (Fsp3) is 0. The molecule has 27 heavy (non-hydrogen) atoms. The average Bonchev–Trinajstić information content (AvgIpc) is 3.22. The Bertz CT molecular complexity index is 1070. The van der Waals surface area contributed by atoms with Gasteiger partial charge in [-0.15, -0.1) is 0 Å². The van der Waals surface area contributed by atoms with Gasteiger partial charge in [-0.05, 0) is 29.8 Å². The third-order valence-corrected chi connectivity index (χ3v) is 5.83. The van der Waals surface area contributed by atoms with Crippen molar-refractivity contribution in [3.8, 4) is 0 Å². The molecule has 1 fully saturated rings. The number of aromatic nitrogens is 1. The van der Waals surface area contributed by atoms with Gasteiger partial charge in [-0.3, -0.25) is 20.4 Å². The number of hydrazine groups is 1. The Morgan fingerprint density at radius 1 is 1.15 bits per heavy atom. The second-order valence-electron chi connectivity index (χ2n) is 5.51. The van der Waals surface area contributed by atoms with E-state index in [4.69, 9.17) is 12.2 Å². The summed E-state index contributed by atoms with van der Waals surface area (Å²) in [5, 5.41) is 3.16. The fourth-order valence-corrected chi connectivity index (χ4v) is 4.35. The van der Waals surface area contributed by atoms with Gasteiger partial charge < -0.3 is 5.32 Å². The number of thiazole rings is 1. The van der Waals surface area contributed by atoms with Crippen molar-refractivity contribution in [2.24, 2.45) is 0 Å². The van der Waals surface area contributed by atoms with Crippen LogP contribution in [-0.2, 0) is 4.79 Å². The molecule has 3 N–H and O–H groups in total. The molecule has 3 aromatic rings. The van der Waals surface area contributed by atoms with Gasteiger partial charge in [-0.25, -0.2) is 4.98 Å². The van der Waals surface area contributed by atoms with Crippen LogP contribution in [-0.4, -0.2) is 21.1 Å². The van der Waals surface area contributed by atoms with Crippen molar-refractivity contribution in [2.45, 2.75) is 0 Å². The van der Waals surface area contributed by atoms with E-state index in [0.29, 0.717) is 25.5 Å². The maximum absolute atomic E-state index is 12.6. The predicted molar refractivity (Wildman–Crippen MR) is 113 cm³/mol. The zero-order valence-electron chi connectivity index (χ0n) is 13.7. The van der Waals surface area contributed by atoms with E-state index in [1.54, 1.807) is 30.3 Å². The highest BCUT2D eigenvalue weighted by Gasteiger charge is 2.23. The van der Waals surface area contributed by atoms with Gasteiger partial charge in [0, 0.05) is 5.56 Å². The first-order valence-electron chi connectivity index (χ1n) is 7.86. The number of anilines is 1. The van der Waals surface area contributed by atoms with Gasteiger partial charge in [0.15, 0.2) is 0 Å². The number of fused-ring (bicyclic) bond motifs is 1. The average molecular weight is 413 g/mol. The molecule has 4 rings (SSSR count). The molecular weight excluding hydrogens is 400 g/mol. The number of carbonyl (C=O) groups is 2. The van der Waals surface area contributed by atoms with Gasteiger partial charge in [0.1, 0.15) is 4.32 Å². The van der Waals surface area contributed by atoms with Gasteiger partial charge in [0.2, 0.25) is 5.13 Å². The summed E-state index contributed by atoms with van der Waals surface area (Å²) in [5.41, 5.74) is 7.44. The minimum absolute atomic E-state index is 0.257. The van der Waals surface area contributed by atoms with E-state index in [-0.39, 0.29) is 11.8 Å². The Hall–Kier alpha value is -2.75. The lowest BCUT2D eigenvalue weighted by Crippen LogP contribution is -2.29. The molecular formula is C18H12N4O2S3. The second kappa shape index (κ2) is 7.47. The fourth-order valence-electron chi connectivity index (χ4n) is 2.50. The number of amides is 2. The molecule has 2 amide bonds. The molecule has 0 bridgehead atoms. The number of para-hydroxylation sites is 1. The quantitative estimate of drug-likeness (QED) is 0.345. The van der Waals surface area contributed by atoms with Gasteiger partial charge >= 0.3 is 0 Å². The van der Waals surface area contributed by atoms with E-state index in [2.05, 4.69) is 21.2 Å². The first-order valence-corrected chi connectivity index (χ1v) is 9.90. The molecule has 1 saturated heterocycles. The van der Waals surface area contributed by atoms with Crippen LogP contribution < -0.4 is 16.2 Å². The number of nitrogens with one attached hydrogen (secondary N) is 3. The minimum Gasteiger partial charge on any atom is -0.307 e. The van der Waals surface area contributed by atoms with Crippen LogP contribution in [0.2, 0.25) is 0 Å². The van der Waals surface area contributed by atoms with E-state index >= 15 is 0 Å². The maximum Gasteiger partial charge on any atom is 0.270 e. The Morgan fingerprint density at radius 2 is 1.93 bits per heavy atom. The highest BCUT2D eigenvalue weighted by molar-refractivity contribution is 8.26. The van der Waals surface area contributed by atoms with Crippen LogP contribution >= 0.6 is 35.3 Å². The second-order valence-corrected chi connectivity index (χ2v) is 8.25. The molecule has 1 aliphatic heterocycles. The molecule has 0 unspecified atom stereocenters. The number of hydrogen-bond acceptors (Lipinski definition) is 7. The van der Waals surface area contributed by atoms with E-state index in [1.807, 2.05) is 24.3 Å². The van der Waals surface area contributed by atoms with Crippen molar-refractivity contribution >= 4 is 72.9 Å². The SMILES string of the molecule is O=C1NC(=S)S/C1=C\c1ccccc1C(=O)NNc1nc2ccccc2s1. The summed E-state index contributed by atoms with van der Waals surface area (Å²) in [4.78, 5) is 29.3. The highest BCUT2D eigenvalue weighted by atomic mass is 32.2. The molecule has 6 nitrogen and oxygen atoms in total. The zero-order valence-corrected chi connectivity index (χ0v) is 16.1. The van der Waals surface area contributed by atoms with Crippen molar-refractivity contribution in [2.75, 3.05) is 5.43 Å². The highest BCUT2D eigenvalue weighted by Crippen LogP contribution is 2.27. The minimum atomic E-state index is -0.326. The lowest BCUT2D eigenvalue weighted by molar-refractivity contribution is -0.115. The molecule has 0 aliphatic carbocycles. The van der Waals surface area contributed by atoms with E-state index in [1.165, 1.54) is 23.1 Å². The van der Waals surface area contributed by atoms with Crippen molar-refractivity contribution in [3.05, 3.63) is 64.6 Å². The summed E-state index contributed by atoms with van der Waals surface area (Å²) >= 11 is 7.62. The zero-order chi connectivity index (χ0) is 18.8. The first kappa shape index (κ1) is 17.7. The molecule has 0 atom stereocenters. The molecule has 2 aromatic carbocycles. The molecule has 0 spiro atoms. The number of nitrogens with zero attached hydrogens (tertiary/aromatic N) is 1. The molecule has 1 aromatic heterocycles. The van der Waals surface area contributed by atoms with Crippen molar-refractivity contribution < 1.29 is 9.59 Å². The summed E-state index contributed by atoms with van der Waals surface area (Å²) in [6.45, 7) is 0. The molecule has 0 radical (unpaired) electrons. The van der Waals surface area contributed by atoms with Crippen LogP contribution in [0.1, 0.15) is 15.9 Å². The van der Waals surface area contributed by atoms with Crippen molar-refractivity contribution in [3.63, 3.8) is 0 Å². The van der Waals surface area contributed by atoms with Crippen LogP contribution in [0.15, 0.2) is 53.4 Å². The lowest BCUT2D eigenvalue weighted by atomic mass is 10.1. The van der Waals surface area contributed by atoms with Crippen molar-refractivity contribution in [1.29, 1.82) is 0 Å². The smallest absolute Gasteiger partial charge is 0.270 e. The Balaban J connectivity index is 1.53. The number of rotatable bonds is 4. The third kappa shape index (κ3) is 3.85. The predicted octanol–water partition coefficient (Wildman–Crippen LogP) is 3.54. The summed E-state index contributed by atoms with van der Waals surface area (Å²) in [5.74, 6) is -0.583.